The van der Waals surface area contributed by atoms with Crippen LogP contribution in [0.4, 0.5) is 0 Å². The maximum absolute atomic E-state index is 11.5. The molecule has 1 aromatic carbocycles. The first-order valence-electron chi connectivity index (χ1n) is 4.55. The molecule has 0 N–H and O–H groups in total. The lowest BCUT2D eigenvalue weighted by Gasteiger charge is -2.07. The van der Waals surface area contributed by atoms with Gasteiger partial charge < -0.3 is 0 Å². The molecule has 0 unspecified atom stereocenters. The second kappa shape index (κ2) is 2.84. The van der Waals surface area contributed by atoms with Crippen LogP contribution in [0.5, 0.6) is 0 Å². The van der Waals surface area contributed by atoms with Gasteiger partial charge in [0.2, 0.25) is 0 Å². The second-order valence-corrected chi connectivity index (χ2v) is 3.66. The third kappa shape index (κ3) is 1.21. The van der Waals surface area contributed by atoms with E-state index in [2.05, 4.69) is 13.8 Å². The van der Waals surface area contributed by atoms with Crippen LogP contribution in [0.25, 0.3) is 5.57 Å². The molecule has 1 aromatic rings. The summed E-state index contributed by atoms with van der Waals surface area (Å²) in [6.45, 7) is 4.22. The molecule has 2 rings (SSSR count). The van der Waals surface area contributed by atoms with Gasteiger partial charge in [-0.15, -0.1) is 0 Å². The summed E-state index contributed by atoms with van der Waals surface area (Å²) in [4.78, 5) is 11.5. The first-order valence-corrected chi connectivity index (χ1v) is 4.55. The van der Waals surface area contributed by atoms with Gasteiger partial charge in [-0.2, -0.15) is 0 Å². The van der Waals surface area contributed by atoms with E-state index in [1.165, 1.54) is 5.57 Å². The summed E-state index contributed by atoms with van der Waals surface area (Å²) < 4.78 is 0. The van der Waals surface area contributed by atoms with Crippen LogP contribution in [0.15, 0.2) is 30.3 Å². The lowest BCUT2D eigenvalue weighted by atomic mass is 9.97. The van der Waals surface area contributed by atoms with Crippen LogP contribution in [0, 0.1) is 5.92 Å². The molecule has 66 valence electrons. The topological polar surface area (TPSA) is 17.1 Å². The molecule has 1 aliphatic carbocycles. The van der Waals surface area contributed by atoms with Gasteiger partial charge in [-0.1, -0.05) is 38.1 Å². The molecule has 0 heterocycles. The minimum Gasteiger partial charge on any atom is -0.289 e. The van der Waals surface area contributed by atoms with Crippen LogP contribution in [0.2, 0.25) is 0 Å². The van der Waals surface area contributed by atoms with Gasteiger partial charge in [0.15, 0.2) is 5.78 Å². The predicted octanol–water partition coefficient (Wildman–Crippen LogP) is 2.92. The Bertz CT molecular complexity index is 386. The van der Waals surface area contributed by atoms with Crippen LogP contribution in [0.3, 0.4) is 0 Å². The van der Waals surface area contributed by atoms with Crippen molar-refractivity contribution in [1.82, 2.24) is 0 Å². The highest BCUT2D eigenvalue weighted by molar-refractivity contribution is 6.16. The van der Waals surface area contributed by atoms with Crippen molar-refractivity contribution in [2.24, 2.45) is 5.92 Å². The number of carbonyl (C=O) groups excluding carboxylic acids is 1. The van der Waals surface area contributed by atoms with Crippen molar-refractivity contribution in [3.8, 4) is 0 Å². The van der Waals surface area contributed by atoms with Crippen molar-refractivity contribution in [2.75, 3.05) is 0 Å². The first-order chi connectivity index (χ1) is 6.20. The van der Waals surface area contributed by atoms with Gasteiger partial charge in [-0.3, -0.25) is 4.79 Å². The molecule has 0 amide bonds. The van der Waals surface area contributed by atoms with Gasteiger partial charge >= 0.3 is 0 Å². The van der Waals surface area contributed by atoms with Crippen molar-refractivity contribution in [2.45, 2.75) is 13.8 Å². The minimum absolute atomic E-state index is 0.152. The molecule has 0 saturated heterocycles. The molecule has 0 fully saturated rings. The van der Waals surface area contributed by atoms with E-state index in [4.69, 9.17) is 0 Å². The van der Waals surface area contributed by atoms with Gasteiger partial charge in [0.1, 0.15) is 0 Å². The number of hydrogen-bond acceptors (Lipinski definition) is 1. The van der Waals surface area contributed by atoms with Crippen LogP contribution in [-0.2, 0) is 0 Å². The summed E-state index contributed by atoms with van der Waals surface area (Å²) in [5, 5.41) is 0. The van der Waals surface area contributed by atoms with E-state index >= 15 is 0 Å². The normalized spacial score (nSPS) is 14.7. The summed E-state index contributed by atoms with van der Waals surface area (Å²) in [5.74, 6) is 0.576. The van der Waals surface area contributed by atoms with Crippen molar-refractivity contribution in [3.05, 3.63) is 41.5 Å². The van der Waals surface area contributed by atoms with E-state index in [0.717, 1.165) is 11.1 Å². The number of rotatable bonds is 1. The Kier molecular flexibility index (Phi) is 1.80. The number of carbonyl (C=O) groups is 1. The third-order valence-corrected chi connectivity index (χ3v) is 2.41. The molecular weight excluding hydrogens is 160 g/mol. The Morgan fingerprint density at radius 2 is 1.69 bits per heavy atom. The monoisotopic (exact) mass is 172 g/mol. The van der Waals surface area contributed by atoms with Gasteiger partial charge in [-0.25, -0.2) is 0 Å². The average molecular weight is 172 g/mol. The number of ketones is 1. The molecule has 0 bridgehead atoms. The number of benzene rings is 1. The van der Waals surface area contributed by atoms with Crippen molar-refractivity contribution >= 4 is 11.4 Å². The summed E-state index contributed by atoms with van der Waals surface area (Å²) in [6, 6.07) is 7.80. The summed E-state index contributed by atoms with van der Waals surface area (Å²) >= 11 is 0. The summed E-state index contributed by atoms with van der Waals surface area (Å²) in [7, 11) is 0. The fourth-order valence-electron chi connectivity index (χ4n) is 1.72. The molecule has 0 atom stereocenters. The highest BCUT2D eigenvalue weighted by Crippen LogP contribution is 2.32. The fraction of sp³-hybridized carbons (Fsp3) is 0.250. The maximum Gasteiger partial charge on any atom is 0.186 e. The van der Waals surface area contributed by atoms with Gasteiger partial charge in [0, 0.05) is 5.56 Å². The number of allylic oxidation sites excluding steroid dienone is 2. The smallest absolute Gasteiger partial charge is 0.186 e. The van der Waals surface area contributed by atoms with Crippen LogP contribution < -0.4 is 0 Å². The first kappa shape index (κ1) is 8.24. The Morgan fingerprint density at radius 3 is 2.31 bits per heavy atom. The highest BCUT2D eigenvalue weighted by atomic mass is 16.1. The van der Waals surface area contributed by atoms with Crippen molar-refractivity contribution in [1.29, 1.82) is 0 Å². The van der Waals surface area contributed by atoms with E-state index in [1.54, 1.807) is 6.08 Å². The summed E-state index contributed by atoms with van der Waals surface area (Å²) in [6.07, 6.45) is 1.76. The lowest BCUT2D eigenvalue weighted by Crippen LogP contribution is -1.92. The molecular formula is C12H12O. The minimum atomic E-state index is 0.152. The third-order valence-electron chi connectivity index (χ3n) is 2.41. The van der Waals surface area contributed by atoms with E-state index in [1.807, 2.05) is 24.3 Å². The van der Waals surface area contributed by atoms with Gasteiger partial charge in [0.25, 0.3) is 0 Å². The van der Waals surface area contributed by atoms with E-state index in [-0.39, 0.29) is 5.78 Å². The van der Waals surface area contributed by atoms with E-state index < -0.39 is 0 Å². The predicted molar refractivity (Wildman–Crippen MR) is 53.6 cm³/mol. The zero-order valence-corrected chi connectivity index (χ0v) is 7.87. The van der Waals surface area contributed by atoms with Crippen LogP contribution in [0.1, 0.15) is 29.8 Å². The quantitative estimate of drug-likeness (QED) is 0.636. The van der Waals surface area contributed by atoms with E-state index in [0.29, 0.717) is 5.92 Å². The molecule has 0 radical (unpaired) electrons. The van der Waals surface area contributed by atoms with Crippen molar-refractivity contribution < 1.29 is 4.79 Å². The standard InChI is InChI=1S/C12H12O/c1-8(2)11-7-12(13)10-6-4-3-5-9(10)11/h3-8H,1-2H3. The highest BCUT2D eigenvalue weighted by Gasteiger charge is 2.21. The Labute approximate surface area is 78.1 Å². The lowest BCUT2D eigenvalue weighted by molar-refractivity contribution is 0.105. The largest absolute Gasteiger partial charge is 0.289 e. The van der Waals surface area contributed by atoms with Crippen LogP contribution >= 0.6 is 0 Å². The maximum atomic E-state index is 11.5. The Morgan fingerprint density at radius 1 is 1.08 bits per heavy atom. The van der Waals surface area contributed by atoms with Crippen LogP contribution in [-0.4, -0.2) is 5.78 Å². The molecule has 0 aromatic heterocycles. The second-order valence-electron chi connectivity index (χ2n) is 3.66. The molecule has 0 aliphatic heterocycles. The Balaban J connectivity index is 2.58. The zero-order valence-electron chi connectivity index (χ0n) is 7.87. The molecule has 0 saturated carbocycles. The van der Waals surface area contributed by atoms with Crippen molar-refractivity contribution in [3.63, 3.8) is 0 Å². The molecule has 0 spiro atoms. The Hall–Kier alpha value is -1.37. The zero-order chi connectivity index (χ0) is 9.42. The summed E-state index contributed by atoms with van der Waals surface area (Å²) in [5.41, 5.74) is 3.13. The molecule has 1 aliphatic rings. The van der Waals surface area contributed by atoms with E-state index in [9.17, 15) is 4.79 Å². The molecule has 1 heteroatoms. The van der Waals surface area contributed by atoms with Gasteiger partial charge in [0.05, 0.1) is 0 Å². The number of hydrogen-bond donors (Lipinski definition) is 0. The fourth-order valence-corrected chi connectivity index (χ4v) is 1.72. The SMILES string of the molecule is CC(C)C1=CC(=O)c2ccccc21. The van der Waals surface area contributed by atoms with Gasteiger partial charge in [-0.05, 0) is 23.1 Å². The molecule has 1 nitrogen and oxygen atoms in total. The molecule has 13 heavy (non-hydrogen) atoms. The average Bonchev–Trinajstić information content (AvgIpc) is 2.45. The number of fused-ring (bicyclic) bond motifs is 1.